The molecular formula is C21H25NO4S. The Labute approximate surface area is 164 Å². The molecule has 1 N–H and O–H groups in total. The lowest BCUT2D eigenvalue weighted by atomic mass is 10.1. The molecule has 0 aliphatic heterocycles. The van der Waals surface area contributed by atoms with Gasteiger partial charge in [0.15, 0.2) is 23.0 Å². The van der Waals surface area contributed by atoms with Crippen LogP contribution in [-0.4, -0.2) is 31.4 Å². The van der Waals surface area contributed by atoms with E-state index in [9.17, 15) is 5.11 Å². The molecule has 3 aromatic rings. The van der Waals surface area contributed by atoms with Crippen molar-refractivity contribution in [3.05, 3.63) is 42.1 Å². The van der Waals surface area contributed by atoms with Crippen LogP contribution in [0.3, 0.4) is 0 Å². The summed E-state index contributed by atoms with van der Waals surface area (Å²) in [4.78, 5) is 5.53. The molecule has 0 fully saturated rings. The van der Waals surface area contributed by atoms with E-state index in [1.54, 1.807) is 31.6 Å². The van der Waals surface area contributed by atoms with Crippen molar-refractivity contribution in [2.24, 2.45) is 0 Å². The van der Waals surface area contributed by atoms with Crippen LogP contribution in [0.1, 0.15) is 19.4 Å². The van der Waals surface area contributed by atoms with E-state index in [1.807, 2.05) is 51.2 Å². The maximum Gasteiger partial charge on any atom is 0.161 e. The van der Waals surface area contributed by atoms with Gasteiger partial charge in [-0.2, -0.15) is 0 Å². The predicted octanol–water partition coefficient (Wildman–Crippen LogP) is 5.54. The van der Waals surface area contributed by atoms with Gasteiger partial charge in [-0.1, -0.05) is 13.8 Å². The van der Waals surface area contributed by atoms with Gasteiger partial charge in [-0.3, -0.25) is 0 Å². The Bertz CT molecular complexity index is 905. The summed E-state index contributed by atoms with van der Waals surface area (Å²) in [5, 5.41) is 10.8. The van der Waals surface area contributed by atoms with Gasteiger partial charge in [-0.15, -0.1) is 11.3 Å². The normalized spacial score (nSPS) is 10.0. The molecule has 0 saturated heterocycles. The molecule has 0 amide bonds. The summed E-state index contributed by atoms with van der Waals surface area (Å²) < 4.78 is 15.8. The highest BCUT2D eigenvalue weighted by atomic mass is 32.1. The highest BCUT2D eigenvalue weighted by Crippen LogP contribution is 2.40. The van der Waals surface area contributed by atoms with Crippen molar-refractivity contribution in [2.45, 2.75) is 20.8 Å². The topological polar surface area (TPSA) is 60.8 Å². The van der Waals surface area contributed by atoms with Crippen LogP contribution < -0.4 is 14.2 Å². The van der Waals surface area contributed by atoms with Gasteiger partial charge in [0, 0.05) is 17.3 Å². The number of ether oxygens (including phenoxy) is 3. The van der Waals surface area contributed by atoms with Crippen LogP contribution in [0.5, 0.6) is 23.0 Å². The first-order chi connectivity index (χ1) is 13.1. The molecule has 1 aromatic heterocycles. The summed E-state index contributed by atoms with van der Waals surface area (Å²) >= 11 is 1.57. The van der Waals surface area contributed by atoms with E-state index >= 15 is 0 Å². The number of rotatable bonds is 5. The molecule has 0 aliphatic carbocycles. The van der Waals surface area contributed by atoms with E-state index < -0.39 is 0 Å². The number of aromatic nitrogens is 1. The Hall–Kier alpha value is -2.73. The number of phenols is 1. The van der Waals surface area contributed by atoms with Crippen LogP contribution in [0.25, 0.3) is 21.0 Å². The summed E-state index contributed by atoms with van der Waals surface area (Å²) in [6, 6.07) is 9.25. The molecule has 0 atom stereocenters. The summed E-state index contributed by atoms with van der Waals surface area (Å²) in [5.74, 6) is 1.93. The van der Waals surface area contributed by atoms with Crippen LogP contribution in [0.15, 0.2) is 36.5 Å². The fourth-order valence-corrected chi connectivity index (χ4v) is 3.60. The van der Waals surface area contributed by atoms with Crippen molar-refractivity contribution in [1.82, 2.24) is 4.98 Å². The number of benzene rings is 2. The first-order valence-corrected chi connectivity index (χ1v) is 9.45. The Morgan fingerprint density at radius 2 is 1.56 bits per heavy atom. The van der Waals surface area contributed by atoms with Crippen LogP contribution in [-0.2, 0) is 0 Å². The molecule has 144 valence electrons. The lowest BCUT2D eigenvalue weighted by Gasteiger charge is -2.09. The van der Waals surface area contributed by atoms with Gasteiger partial charge in [0.25, 0.3) is 0 Å². The van der Waals surface area contributed by atoms with Gasteiger partial charge in [0.1, 0.15) is 5.01 Å². The SMILES string of the molecule is CC.COc1cc(-c2cnc(-c3ccc(OC)c(OC)c3)s2)c(C)cc1O. The third-order valence-corrected chi connectivity index (χ3v) is 5.01. The molecule has 0 unspecified atom stereocenters. The van der Waals surface area contributed by atoms with Crippen molar-refractivity contribution < 1.29 is 19.3 Å². The number of aromatic hydroxyl groups is 1. The first kappa shape index (κ1) is 20.6. The number of thiazole rings is 1. The molecule has 3 rings (SSSR count). The highest BCUT2D eigenvalue weighted by molar-refractivity contribution is 7.18. The van der Waals surface area contributed by atoms with Crippen LogP contribution in [0.2, 0.25) is 0 Å². The van der Waals surface area contributed by atoms with Crippen LogP contribution in [0.4, 0.5) is 0 Å². The number of hydrogen-bond donors (Lipinski definition) is 1. The van der Waals surface area contributed by atoms with E-state index in [1.165, 1.54) is 7.11 Å². The van der Waals surface area contributed by atoms with E-state index in [-0.39, 0.29) is 5.75 Å². The molecule has 0 radical (unpaired) electrons. The van der Waals surface area contributed by atoms with Gasteiger partial charge < -0.3 is 19.3 Å². The fraction of sp³-hybridized carbons (Fsp3) is 0.286. The lowest BCUT2D eigenvalue weighted by Crippen LogP contribution is -1.90. The van der Waals surface area contributed by atoms with E-state index in [0.717, 1.165) is 26.6 Å². The Balaban J connectivity index is 0.00000126. The number of hydrogen-bond acceptors (Lipinski definition) is 6. The third kappa shape index (κ3) is 4.34. The average Bonchev–Trinajstić information content (AvgIpc) is 3.19. The number of nitrogens with zero attached hydrogens (tertiary/aromatic N) is 1. The molecule has 2 aromatic carbocycles. The second-order valence-electron chi connectivity index (χ2n) is 5.44. The Morgan fingerprint density at radius 1 is 0.889 bits per heavy atom. The standard InChI is InChI=1S/C19H19NO4S.C2H6/c1-11-7-14(21)16(23-3)9-13(11)18-10-20-19(25-18)12-5-6-15(22-2)17(8-12)24-4;1-2/h5-10,21H,1-4H3;1-2H3. The van der Waals surface area contributed by atoms with Crippen molar-refractivity contribution >= 4 is 11.3 Å². The number of methoxy groups -OCH3 is 3. The Kier molecular flexibility index (Phi) is 7.07. The molecule has 0 saturated carbocycles. The van der Waals surface area contributed by atoms with Gasteiger partial charge in [0.05, 0.1) is 26.2 Å². The summed E-state index contributed by atoms with van der Waals surface area (Å²) in [7, 11) is 4.76. The zero-order chi connectivity index (χ0) is 20.0. The maximum absolute atomic E-state index is 9.89. The van der Waals surface area contributed by atoms with Gasteiger partial charge in [0.2, 0.25) is 0 Å². The smallest absolute Gasteiger partial charge is 0.161 e. The zero-order valence-electron chi connectivity index (χ0n) is 16.5. The Morgan fingerprint density at radius 3 is 2.19 bits per heavy atom. The second kappa shape index (κ2) is 9.28. The van der Waals surface area contributed by atoms with E-state index in [0.29, 0.717) is 17.2 Å². The largest absolute Gasteiger partial charge is 0.504 e. The minimum absolute atomic E-state index is 0.133. The summed E-state index contributed by atoms with van der Waals surface area (Å²) in [6.07, 6.45) is 1.83. The van der Waals surface area contributed by atoms with Crippen molar-refractivity contribution in [3.8, 4) is 44.0 Å². The van der Waals surface area contributed by atoms with E-state index in [4.69, 9.17) is 14.2 Å². The molecule has 0 spiro atoms. The predicted molar refractivity (Wildman–Crippen MR) is 110 cm³/mol. The molecular weight excluding hydrogens is 362 g/mol. The summed E-state index contributed by atoms with van der Waals surface area (Å²) in [5.41, 5.74) is 2.90. The maximum atomic E-state index is 9.89. The molecule has 1 heterocycles. The molecule has 6 heteroatoms. The summed E-state index contributed by atoms with van der Waals surface area (Å²) in [6.45, 7) is 5.95. The lowest BCUT2D eigenvalue weighted by molar-refractivity contribution is 0.355. The molecule has 27 heavy (non-hydrogen) atoms. The highest BCUT2D eigenvalue weighted by Gasteiger charge is 2.14. The number of phenolic OH excluding ortho intramolecular Hbond substituents is 1. The van der Waals surface area contributed by atoms with Crippen molar-refractivity contribution in [1.29, 1.82) is 0 Å². The fourth-order valence-electron chi connectivity index (χ4n) is 2.60. The van der Waals surface area contributed by atoms with Crippen molar-refractivity contribution in [3.63, 3.8) is 0 Å². The van der Waals surface area contributed by atoms with E-state index in [2.05, 4.69) is 4.98 Å². The third-order valence-electron chi connectivity index (χ3n) is 3.93. The number of aryl methyl sites for hydroxylation is 1. The minimum Gasteiger partial charge on any atom is -0.504 e. The van der Waals surface area contributed by atoms with Gasteiger partial charge in [-0.05, 0) is 42.8 Å². The monoisotopic (exact) mass is 387 g/mol. The van der Waals surface area contributed by atoms with Gasteiger partial charge in [-0.25, -0.2) is 4.98 Å². The van der Waals surface area contributed by atoms with Crippen LogP contribution in [0, 0.1) is 6.92 Å². The quantitative estimate of drug-likeness (QED) is 0.622. The minimum atomic E-state index is 0.133. The molecule has 0 aliphatic rings. The molecule has 0 bridgehead atoms. The first-order valence-electron chi connectivity index (χ1n) is 8.63. The van der Waals surface area contributed by atoms with Crippen LogP contribution >= 0.6 is 11.3 Å². The average molecular weight is 388 g/mol. The zero-order valence-corrected chi connectivity index (χ0v) is 17.3. The van der Waals surface area contributed by atoms with Gasteiger partial charge >= 0.3 is 0 Å². The second-order valence-corrected chi connectivity index (χ2v) is 6.47. The van der Waals surface area contributed by atoms with Crippen molar-refractivity contribution in [2.75, 3.05) is 21.3 Å². The molecule has 5 nitrogen and oxygen atoms in total.